The Labute approximate surface area is 109 Å². The quantitative estimate of drug-likeness (QED) is 0.744. The molecule has 1 heterocycles. The number of carbonyl (C=O) groups excluding carboxylic acids is 2. The minimum absolute atomic E-state index is 0.0495. The summed E-state index contributed by atoms with van der Waals surface area (Å²) < 4.78 is 0. The van der Waals surface area contributed by atoms with Crippen molar-refractivity contribution in [2.45, 2.75) is 32.6 Å². The van der Waals surface area contributed by atoms with Crippen LogP contribution >= 0.6 is 0 Å². The van der Waals surface area contributed by atoms with Gasteiger partial charge in [-0.1, -0.05) is 13.3 Å². The number of nitrogens with zero attached hydrogens (tertiary/aromatic N) is 1. The zero-order valence-electron chi connectivity index (χ0n) is 11.4. The van der Waals surface area contributed by atoms with Gasteiger partial charge in [0, 0.05) is 32.6 Å². The van der Waals surface area contributed by atoms with E-state index in [0.29, 0.717) is 19.6 Å². The summed E-state index contributed by atoms with van der Waals surface area (Å²) in [5, 5.41) is 2.67. The van der Waals surface area contributed by atoms with Crippen LogP contribution in [-0.4, -0.2) is 43.4 Å². The molecule has 5 heteroatoms. The predicted octanol–water partition coefficient (Wildman–Crippen LogP) is 0.346. The number of hydrogen-bond donors (Lipinski definition) is 2. The van der Waals surface area contributed by atoms with Crippen molar-refractivity contribution in [3.63, 3.8) is 0 Å². The Bertz CT molecular complexity index is 286. The van der Waals surface area contributed by atoms with Crippen LogP contribution in [0.1, 0.15) is 32.6 Å². The van der Waals surface area contributed by atoms with Gasteiger partial charge in [-0.05, 0) is 19.3 Å². The van der Waals surface area contributed by atoms with Crippen LogP contribution in [0, 0.1) is 11.8 Å². The van der Waals surface area contributed by atoms with Crippen molar-refractivity contribution in [2.24, 2.45) is 17.6 Å². The number of nitrogens with two attached hydrogens (primary N) is 1. The molecule has 0 bridgehead atoms. The molecule has 18 heavy (non-hydrogen) atoms. The molecule has 1 aliphatic rings. The van der Waals surface area contributed by atoms with Gasteiger partial charge in [-0.15, -0.1) is 0 Å². The summed E-state index contributed by atoms with van der Waals surface area (Å²) in [6.45, 7) is 3.84. The first kappa shape index (κ1) is 15.0. The second-order valence-corrected chi connectivity index (χ2v) is 4.94. The van der Waals surface area contributed by atoms with Gasteiger partial charge >= 0.3 is 0 Å². The third-order valence-corrected chi connectivity index (χ3v) is 3.69. The van der Waals surface area contributed by atoms with Crippen LogP contribution in [0.15, 0.2) is 0 Å². The molecule has 0 radical (unpaired) electrons. The van der Waals surface area contributed by atoms with Gasteiger partial charge in [0.2, 0.25) is 11.8 Å². The molecule has 1 atom stereocenters. The lowest BCUT2D eigenvalue weighted by molar-refractivity contribution is -0.139. The normalized spacial score (nSPS) is 18.5. The van der Waals surface area contributed by atoms with Crippen molar-refractivity contribution in [3.05, 3.63) is 0 Å². The highest BCUT2D eigenvalue weighted by atomic mass is 16.2. The first-order valence-corrected chi connectivity index (χ1v) is 6.84. The molecule has 0 aromatic heterocycles. The van der Waals surface area contributed by atoms with E-state index in [4.69, 9.17) is 5.73 Å². The number of piperidine rings is 1. The minimum atomic E-state index is -0.0495. The topological polar surface area (TPSA) is 75.4 Å². The van der Waals surface area contributed by atoms with E-state index in [9.17, 15) is 9.59 Å². The molecule has 1 aliphatic heterocycles. The summed E-state index contributed by atoms with van der Waals surface area (Å²) >= 11 is 0. The van der Waals surface area contributed by atoms with Gasteiger partial charge in [0.25, 0.3) is 0 Å². The molecule has 0 saturated carbocycles. The fraction of sp³-hybridized carbons (Fsp3) is 0.846. The number of rotatable bonds is 5. The van der Waals surface area contributed by atoms with E-state index in [-0.39, 0.29) is 23.7 Å². The fourth-order valence-corrected chi connectivity index (χ4v) is 2.51. The Morgan fingerprint density at radius 3 is 2.44 bits per heavy atom. The van der Waals surface area contributed by atoms with Crippen molar-refractivity contribution in [1.82, 2.24) is 10.2 Å². The Hall–Kier alpha value is -1.10. The average molecular weight is 255 g/mol. The largest absolute Gasteiger partial charge is 0.359 e. The monoisotopic (exact) mass is 255 g/mol. The summed E-state index contributed by atoms with van der Waals surface area (Å²) in [5.74, 6) is 0.258. The zero-order valence-corrected chi connectivity index (χ0v) is 11.4. The highest BCUT2D eigenvalue weighted by Gasteiger charge is 2.29. The molecule has 1 saturated heterocycles. The SMILES string of the molecule is CCCC(CN)C(=O)N1CCC(C(=O)NC)CC1. The maximum Gasteiger partial charge on any atom is 0.226 e. The first-order valence-electron chi connectivity index (χ1n) is 6.84. The van der Waals surface area contributed by atoms with E-state index < -0.39 is 0 Å². The highest BCUT2D eigenvalue weighted by molar-refractivity contribution is 5.81. The molecule has 1 unspecified atom stereocenters. The van der Waals surface area contributed by atoms with E-state index in [1.165, 1.54) is 0 Å². The van der Waals surface area contributed by atoms with Crippen molar-refractivity contribution in [2.75, 3.05) is 26.7 Å². The fourth-order valence-electron chi connectivity index (χ4n) is 2.51. The standard InChI is InChI=1S/C13H25N3O2/c1-3-4-11(9-14)13(18)16-7-5-10(6-8-16)12(17)15-2/h10-11H,3-9,14H2,1-2H3,(H,15,17). The van der Waals surface area contributed by atoms with Crippen molar-refractivity contribution in [1.29, 1.82) is 0 Å². The van der Waals surface area contributed by atoms with Crippen LogP contribution < -0.4 is 11.1 Å². The van der Waals surface area contributed by atoms with Crippen LogP contribution in [0.4, 0.5) is 0 Å². The van der Waals surface area contributed by atoms with Crippen LogP contribution in [0.25, 0.3) is 0 Å². The Balaban J connectivity index is 2.46. The number of nitrogens with one attached hydrogen (secondary N) is 1. The number of hydrogen-bond acceptors (Lipinski definition) is 3. The second-order valence-electron chi connectivity index (χ2n) is 4.94. The predicted molar refractivity (Wildman–Crippen MR) is 70.8 cm³/mol. The van der Waals surface area contributed by atoms with Gasteiger partial charge in [0.05, 0.1) is 5.92 Å². The molecule has 1 rings (SSSR count). The minimum Gasteiger partial charge on any atom is -0.359 e. The third kappa shape index (κ3) is 3.70. The van der Waals surface area contributed by atoms with E-state index in [0.717, 1.165) is 25.7 Å². The number of carbonyl (C=O) groups is 2. The maximum absolute atomic E-state index is 12.2. The molecule has 3 N–H and O–H groups in total. The number of amides is 2. The Morgan fingerprint density at radius 2 is 2.00 bits per heavy atom. The van der Waals surface area contributed by atoms with Gasteiger partial charge in [-0.2, -0.15) is 0 Å². The van der Waals surface area contributed by atoms with Gasteiger partial charge in [-0.25, -0.2) is 0 Å². The Kier molecular flexibility index (Phi) is 6.12. The lowest BCUT2D eigenvalue weighted by Crippen LogP contribution is -2.45. The van der Waals surface area contributed by atoms with Crippen molar-refractivity contribution < 1.29 is 9.59 Å². The molecule has 104 valence electrons. The Morgan fingerprint density at radius 1 is 1.39 bits per heavy atom. The molecule has 2 amide bonds. The molecule has 0 aromatic rings. The molecule has 1 fully saturated rings. The van der Waals surface area contributed by atoms with Crippen LogP contribution in [-0.2, 0) is 9.59 Å². The first-order chi connectivity index (χ1) is 8.63. The van der Waals surface area contributed by atoms with E-state index in [2.05, 4.69) is 12.2 Å². The smallest absolute Gasteiger partial charge is 0.226 e. The van der Waals surface area contributed by atoms with Crippen LogP contribution in [0.3, 0.4) is 0 Å². The van der Waals surface area contributed by atoms with E-state index in [1.807, 2.05) is 4.90 Å². The van der Waals surface area contributed by atoms with Crippen LogP contribution in [0.5, 0.6) is 0 Å². The summed E-state index contributed by atoms with van der Waals surface area (Å²) in [7, 11) is 1.66. The van der Waals surface area contributed by atoms with E-state index in [1.54, 1.807) is 7.05 Å². The molecule has 5 nitrogen and oxygen atoms in total. The van der Waals surface area contributed by atoms with Crippen molar-refractivity contribution in [3.8, 4) is 0 Å². The van der Waals surface area contributed by atoms with Gasteiger partial charge in [0.15, 0.2) is 0 Å². The summed E-state index contributed by atoms with van der Waals surface area (Å²) in [6, 6.07) is 0. The lowest BCUT2D eigenvalue weighted by atomic mass is 9.94. The van der Waals surface area contributed by atoms with Gasteiger partial charge in [-0.3, -0.25) is 9.59 Å². The van der Waals surface area contributed by atoms with Gasteiger partial charge < -0.3 is 16.0 Å². The average Bonchev–Trinajstić information content (AvgIpc) is 2.43. The third-order valence-electron chi connectivity index (χ3n) is 3.69. The zero-order chi connectivity index (χ0) is 13.5. The summed E-state index contributed by atoms with van der Waals surface area (Å²) in [5.41, 5.74) is 5.65. The van der Waals surface area contributed by atoms with Crippen LogP contribution in [0.2, 0.25) is 0 Å². The summed E-state index contributed by atoms with van der Waals surface area (Å²) in [6.07, 6.45) is 3.34. The van der Waals surface area contributed by atoms with E-state index >= 15 is 0 Å². The van der Waals surface area contributed by atoms with Crippen molar-refractivity contribution >= 4 is 11.8 Å². The molecule has 0 spiro atoms. The molecular formula is C13H25N3O2. The molecule has 0 aromatic carbocycles. The number of likely N-dealkylation sites (tertiary alicyclic amines) is 1. The second kappa shape index (κ2) is 7.36. The van der Waals surface area contributed by atoms with Gasteiger partial charge in [0.1, 0.15) is 0 Å². The summed E-state index contributed by atoms with van der Waals surface area (Å²) in [4.78, 5) is 25.6. The molecular weight excluding hydrogens is 230 g/mol. The highest BCUT2D eigenvalue weighted by Crippen LogP contribution is 2.20. The molecule has 0 aliphatic carbocycles. The lowest BCUT2D eigenvalue weighted by Gasteiger charge is -2.33. The maximum atomic E-state index is 12.2.